The predicted octanol–water partition coefficient (Wildman–Crippen LogP) is -9.36. The van der Waals surface area contributed by atoms with Gasteiger partial charge in [0.2, 0.25) is 0 Å². The minimum Gasteiger partial charge on any atom is -0.388 e. The summed E-state index contributed by atoms with van der Waals surface area (Å²) in [6.07, 6.45) is -19.4. The Bertz CT molecular complexity index is 946. The summed E-state index contributed by atoms with van der Waals surface area (Å²) >= 11 is 0. The van der Waals surface area contributed by atoms with Gasteiger partial charge in [0.25, 0.3) is 0 Å². The molecule has 21 nitrogen and oxygen atoms in total. The number of hydrogen-bond acceptors (Lipinski definition) is 21. The molecule has 4 saturated heterocycles. The third kappa shape index (κ3) is 7.50. The zero-order valence-corrected chi connectivity index (χ0v) is 25.5. The SMILES string of the molecule is CO[C@@H]1OC(CN)[C@H](O[C@@H]2OC(CN)[C@H](O[C@@H]3OC(CN)[C@H](O[C@@H]4OC(CN)[C@H](O)C(O)[C@H]4N)C(O)[C@H]3N)C(O)[C@H]2N)C(O)[C@H]1N. The van der Waals surface area contributed by atoms with Gasteiger partial charge in [-0.25, -0.2) is 0 Å². The van der Waals surface area contributed by atoms with Crippen molar-refractivity contribution in [3.8, 4) is 0 Å². The van der Waals surface area contributed by atoms with Gasteiger partial charge in [0, 0.05) is 33.3 Å². The quantitative estimate of drug-likeness (QED) is 0.0968. The van der Waals surface area contributed by atoms with Crippen LogP contribution < -0.4 is 45.9 Å². The van der Waals surface area contributed by atoms with Crippen LogP contribution in [-0.4, -0.2) is 181 Å². The molecule has 270 valence electrons. The van der Waals surface area contributed by atoms with E-state index in [-0.39, 0.29) is 26.2 Å². The van der Waals surface area contributed by atoms with Gasteiger partial charge in [-0.15, -0.1) is 0 Å². The molecule has 0 aromatic carbocycles. The molecular weight excluding hydrogens is 620 g/mol. The van der Waals surface area contributed by atoms with E-state index < -0.39 is 123 Å². The molecule has 4 aliphatic rings. The number of rotatable bonds is 11. The second-order valence-corrected chi connectivity index (χ2v) is 11.9. The Labute approximate surface area is 265 Å². The fourth-order valence-electron chi connectivity index (χ4n) is 6.09. The van der Waals surface area contributed by atoms with E-state index in [2.05, 4.69) is 0 Å². The van der Waals surface area contributed by atoms with Crippen LogP contribution >= 0.6 is 0 Å². The van der Waals surface area contributed by atoms with Crippen LogP contribution in [-0.2, 0) is 37.9 Å². The van der Waals surface area contributed by atoms with Crippen LogP contribution in [0.5, 0.6) is 0 Å². The Kier molecular flexibility index (Phi) is 13.4. The second kappa shape index (κ2) is 16.2. The Balaban J connectivity index is 1.43. The molecule has 0 aromatic heterocycles. The Hall–Kier alpha value is -0.840. The summed E-state index contributed by atoms with van der Waals surface area (Å²) in [6, 6.07) is -4.71. The molecule has 21 N–H and O–H groups in total. The number of aliphatic hydroxyl groups excluding tert-OH is 5. The molecule has 46 heavy (non-hydrogen) atoms. The van der Waals surface area contributed by atoms with E-state index in [0.29, 0.717) is 0 Å². The average Bonchev–Trinajstić information content (AvgIpc) is 3.05. The highest BCUT2D eigenvalue weighted by Crippen LogP contribution is 2.32. The number of nitrogens with two attached hydrogens (primary N) is 8. The summed E-state index contributed by atoms with van der Waals surface area (Å²) in [7, 11) is 1.37. The summed E-state index contributed by atoms with van der Waals surface area (Å²) in [5.74, 6) is 0. The first-order chi connectivity index (χ1) is 21.8. The first kappa shape index (κ1) is 38.0. The number of methoxy groups -OCH3 is 1. The monoisotopic (exact) mass is 672 g/mol. The summed E-state index contributed by atoms with van der Waals surface area (Å²) in [5.41, 5.74) is 48.0. The van der Waals surface area contributed by atoms with Crippen LogP contribution in [0.15, 0.2) is 0 Å². The molecule has 0 saturated carbocycles. The molecule has 0 amide bonds. The zero-order valence-electron chi connectivity index (χ0n) is 25.5. The van der Waals surface area contributed by atoms with Gasteiger partial charge in [-0.05, 0) is 0 Å². The van der Waals surface area contributed by atoms with Crippen molar-refractivity contribution in [2.75, 3.05) is 33.3 Å². The number of ether oxygens (including phenoxy) is 8. The fraction of sp³-hybridized carbons (Fsp3) is 1.00. The van der Waals surface area contributed by atoms with Crippen molar-refractivity contribution in [3.63, 3.8) is 0 Å². The van der Waals surface area contributed by atoms with Crippen LogP contribution in [0.4, 0.5) is 0 Å². The van der Waals surface area contributed by atoms with Crippen molar-refractivity contribution in [2.24, 2.45) is 45.9 Å². The lowest BCUT2D eigenvalue weighted by molar-refractivity contribution is -0.352. The van der Waals surface area contributed by atoms with E-state index in [0.717, 1.165) is 0 Å². The van der Waals surface area contributed by atoms with Crippen LogP contribution in [0.2, 0.25) is 0 Å². The molecule has 4 aliphatic heterocycles. The predicted molar refractivity (Wildman–Crippen MR) is 154 cm³/mol. The summed E-state index contributed by atoms with van der Waals surface area (Å²) < 4.78 is 46.3. The maximum atomic E-state index is 11.2. The molecular formula is C25H52N8O13. The van der Waals surface area contributed by atoms with Gasteiger partial charge in [0.05, 0.1) is 24.2 Å². The van der Waals surface area contributed by atoms with Crippen molar-refractivity contribution >= 4 is 0 Å². The van der Waals surface area contributed by atoms with Crippen LogP contribution in [0.3, 0.4) is 0 Å². The zero-order chi connectivity index (χ0) is 34.0. The largest absolute Gasteiger partial charge is 0.388 e. The first-order valence-electron chi connectivity index (χ1n) is 15.2. The van der Waals surface area contributed by atoms with Gasteiger partial charge < -0.3 is 109 Å². The smallest absolute Gasteiger partial charge is 0.176 e. The van der Waals surface area contributed by atoms with E-state index in [1.54, 1.807) is 0 Å². The molecule has 4 fully saturated rings. The van der Waals surface area contributed by atoms with E-state index in [1.807, 2.05) is 0 Å². The molecule has 4 rings (SSSR count). The van der Waals surface area contributed by atoms with Gasteiger partial charge in [-0.3, -0.25) is 0 Å². The third-order valence-corrected chi connectivity index (χ3v) is 8.95. The van der Waals surface area contributed by atoms with E-state index >= 15 is 0 Å². The highest BCUT2D eigenvalue weighted by molar-refractivity contribution is 5.00. The molecule has 0 bridgehead atoms. The minimum absolute atomic E-state index is 0.0634. The highest BCUT2D eigenvalue weighted by Gasteiger charge is 2.53. The van der Waals surface area contributed by atoms with E-state index in [1.165, 1.54) is 7.11 Å². The topological polar surface area (TPSA) is 383 Å². The first-order valence-corrected chi connectivity index (χ1v) is 15.2. The van der Waals surface area contributed by atoms with Gasteiger partial charge in [0.15, 0.2) is 25.2 Å². The Morgan fingerprint density at radius 1 is 0.435 bits per heavy atom. The molecule has 21 heteroatoms. The molecule has 4 heterocycles. The van der Waals surface area contributed by atoms with Gasteiger partial charge in [0.1, 0.15) is 73.2 Å². The molecule has 0 spiro atoms. The average molecular weight is 673 g/mol. The molecule has 0 aromatic rings. The standard InChI is InChI=1S/C25H52N8O13/c1-39-22-11(31)16(36)19(7(3-27)41-22)45-24-13(33)18(38)21(9(5-29)43-24)46-25-12(32)17(37)20(8(4-28)42-25)44-23-10(30)15(35)14(34)6(2-26)40-23/h6-25,34-38H,2-5,26-33H2,1H3/t6?,7?,8?,9?,10-,11-,12-,13-,14+,15?,16?,17?,18?,19+,20+,21+,22-,23+,24+,25+/m1/s1. The van der Waals surface area contributed by atoms with Gasteiger partial charge in [-0.2, -0.15) is 0 Å². The fourth-order valence-corrected chi connectivity index (χ4v) is 6.09. The lowest BCUT2D eigenvalue weighted by Crippen LogP contribution is -2.70. The number of aliphatic hydroxyl groups is 5. The number of hydrogen-bond donors (Lipinski definition) is 13. The summed E-state index contributed by atoms with van der Waals surface area (Å²) in [4.78, 5) is 0. The summed E-state index contributed by atoms with van der Waals surface area (Å²) in [5, 5.41) is 53.7. The molecule has 8 unspecified atom stereocenters. The maximum Gasteiger partial charge on any atom is 0.176 e. The van der Waals surface area contributed by atoms with Gasteiger partial charge >= 0.3 is 0 Å². The van der Waals surface area contributed by atoms with Gasteiger partial charge in [-0.1, -0.05) is 0 Å². The molecule has 20 atom stereocenters. The van der Waals surface area contributed by atoms with Crippen LogP contribution in [0.25, 0.3) is 0 Å². The van der Waals surface area contributed by atoms with Crippen LogP contribution in [0, 0.1) is 0 Å². The lowest BCUT2D eigenvalue weighted by atomic mass is 9.93. The third-order valence-electron chi connectivity index (χ3n) is 8.95. The highest BCUT2D eigenvalue weighted by atomic mass is 16.8. The second-order valence-electron chi connectivity index (χ2n) is 11.9. The maximum absolute atomic E-state index is 11.2. The lowest BCUT2D eigenvalue weighted by Gasteiger charge is -2.50. The van der Waals surface area contributed by atoms with Crippen molar-refractivity contribution in [1.29, 1.82) is 0 Å². The van der Waals surface area contributed by atoms with Crippen LogP contribution in [0.1, 0.15) is 0 Å². The van der Waals surface area contributed by atoms with E-state index in [4.69, 9.17) is 83.8 Å². The van der Waals surface area contributed by atoms with Crippen molar-refractivity contribution in [3.05, 3.63) is 0 Å². The van der Waals surface area contributed by atoms with Crippen molar-refractivity contribution in [1.82, 2.24) is 0 Å². The Morgan fingerprint density at radius 3 is 1.04 bits per heavy atom. The van der Waals surface area contributed by atoms with Crippen molar-refractivity contribution in [2.45, 2.75) is 123 Å². The van der Waals surface area contributed by atoms with E-state index in [9.17, 15) is 25.5 Å². The normalized spacial score (nSPS) is 52.0. The molecule has 0 aliphatic carbocycles. The minimum atomic E-state index is -1.48. The summed E-state index contributed by atoms with van der Waals surface area (Å²) in [6.45, 7) is -0.585. The molecule has 0 radical (unpaired) electrons. The van der Waals surface area contributed by atoms with Crippen molar-refractivity contribution < 1.29 is 63.4 Å². The Morgan fingerprint density at radius 2 is 0.717 bits per heavy atom.